The molecular weight excluding hydrogens is 210 g/mol. The van der Waals surface area contributed by atoms with E-state index >= 15 is 0 Å². The molecule has 1 aliphatic rings. The molecule has 0 N–H and O–H groups in total. The lowest BCUT2D eigenvalue weighted by Gasteiger charge is -2.28. The number of hydrogen-bond acceptors (Lipinski definition) is 3. The zero-order valence-corrected chi connectivity index (χ0v) is 10.7. The number of hydrogen-bond donors (Lipinski definition) is 0. The van der Waals surface area contributed by atoms with E-state index in [9.17, 15) is 0 Å². The predicted molar refractivity (Wildman–Crippen MR) is 69.3 cm³/mol. The largest absolute Gasteiger partial charge is 0.344 e. The van der Waals surface area contributed by atoms with Gasteiger partial charge in [-0.25, -0.2) is 0 Å². The van der Waals surface area contributed by atoms with Gasteiger partial charge in [-0.15, -0.1) is 0 Å². The first-order valence-corrected chi connectivity index (χ1v) is 5.75. The molecule has 3 heteroatoms. The summed E-state index contributed by atoms with van der Waals surface area (Å²) in [6, 6.07) is 8.61. The summed E-state index contributed by atoms with van der Waals surface area (Å²) < 4.78 is 0. The second kappa shape index (κ2) is 4.14. The highest BCUT2D eigenvalue weighted by Crippen LogP contribution is 2.29. The zero-order chi connectivity index (χ0) is 12.6. The topological polar surface area (TPSA) is 30.3 Å². The molecule has 0 spiro atoms. The molecule has 0 radical (unpaired) electrons. The van der Waals surface area contributed by atoms with Crippen LogP contribution in [0.25, 0.3) is 0 Å². The van der Waals surface area contributed by atoms with Crippen LogP contribution in [0.3, 0.4) is 0 Å². The fourth-order valence-corrected chi connectivity index (χ4v) is 2.19. The summed E-state index contributed by atoms with van der Waals surface area (Å²) in [5.41, 5.74) is 4.37. The van der Waals surface area contributed by atoms with Crippen LogP contribution in [-0.2, 0) is 0 Å². The van der Waals surface area contributed by atoms with E-state index in [1.54, 1.807) is 0 Å². The van der Waals surface area contributed by atoms with E-state index in [1.807, 2.05) is 18.1 Å². The monoisotopic (exact) mass is 227 g/mol. The molecule has 0 aliphatic carbocycles. The van der Waals surface area contributed by atoms with Gasteiger partial charge < -0.3 is 9.80 Å². The first kappa shape index (κ1) is 11.5. The third-order valence-electron chi connectivity index (χ3n) is 3.35. The Bertz CT molecular complexity index is 511. The van der Waals surface area contributed by atoms with Crippen molar-refractivity contribution < 1.29 is 0 Å². The molecule has 0 amide bonds. The lowest BCUT2D eigenvalue weighted by atomic mass is 10.1. The van der Waals surface area contributed by atoms with Crippen molar-refractivity contribution in [2.75, 3.05) is 11.9 Å². The van der Waals surface area contributed by atoms with Crippen LogP contribution in [-0.4, -0.2) is 18.1 Å². The van der Waals surface area contributed by atoms with Crippen LogP contribution in [0.5, 0.6) is 0 Å². The van der Waals surface area contributed by atoms with Gasteiger partial charge in [0.05, 0.1) is 0 Å². The number of nitriles is 1. The zero-order valence-electron chi connectivity index (χ0n) is 10.7. The second-order valence-electron chi connectivity index (χ2n) is 4.57. The molecule has 0 fully saturated rings. The standard InChI is InChI=1S/C14H17N3/c1-10-5-6-14(11(2)7-10)17-9-13(8-15)16(4)12(17)3/h5-7,9,12H,1-4H3/t12-/m0/s1. The summed E-state index contributed by atoms with van der Waals surface area (Å²) in [5.74, 6) is 0. The Morgan fingerprint density at radius 1 is 1.29 bits per heavy atom. The van der Waals surface area contributed by atoms with Gasteiger partial charge in [-0.1, -0.05) is 17.7 Å². The Morgan fingerprint density at radius 2 is 2.00 bits per heavy atom. The average molecular weight is 227 g/mol. The van der Waals surface area contributed by atoms with Gasteiger partial charge in [0.2, 0.25) is 0 Å². The van der Waals surface area contributed by atoms with E-state index in [1.165, 1.54) is 16.8 Å². The molecule has 3 nitrogen and oxygen atoms in total. The first-order valence-electron chi connectivity index (χ1n) is 5.75. The molecule has 1 aliphatic heterocycles. The molecule has 0 unspecified atom stereocenters. The van der Waals surface area contributed by atoms with Crippen molar-refractivity contribution in [3.63, 3.8) is 0 Å². The fourth-order valence-electron chi connectivity index (χ4n) is 2.19. The SMILES string of the molecule is Cc1ccc(N2C=C(C#N)N(C)[C@@H]2C)c(C)c1. The average Bonchev–Trinajstić information content (AvgIpc) is 2.57. The number of allylic oxidation sites excluding steroid dienone is 1. The molecule has 0 saturated carbocycles. The summed E-state index contributed by atoms with van der Waals surface area (Å²) in [7, 11) is 1.95. The molecule has 1 aromatic carbocycles. The minimum absolute atomic E-state index is 0.186. The smallest absolute Gasteiger partial charge is 0.134 e. The van der Waals surface area contributed by atoms with Crippen LogP contribution in [0.1, 0.15) is 18.1 Å². The van der Waals surface area contributed by atoms with Crippen LogP contribution in [0, 0.1) is 25.2 Å². The third kappa shape index (κ3) is 1.87. The minimum atomic E-state index is 0.186. The summed E-state index contributed by atoms with van der Waals surface area (Å²) in [6.45, 7) is 6.29. The van der Waals surface area contributed by atoms with Crippen molar-refractivity contribution in [1.29, 1.82) is 5.26 Å². The van der Waals surface area contributed by atoms with Crippen LogP contribution in [0.2, 0.25) is 0 Å². The molecule has 0 aromatic heterocycles. The molecule has 2 rings (SSSR count). The predicted octanol–water partition coefficient (Wildman–Crippen LogP) is 2.77. The van der Waals surface area contributed by atoms with Gasteiger partial charge >= 0.3 is 0 Å². The Kier molecular flexibility index (Phi) is 2.81. The quantitative estimate of drug-likeness (QED) is 0.739. The maximum Gasteiger partial charge on any atom is 0.134 e. The van der Waals surface area contributed by atoms with Crippen molar-refractivity contribution in [2.24, 2.45) is 0 Å². The second-order valence-corrected chi connectivity index (χ2v) is 4.57. The van der Waals surface area contributed by atoms with E-state index in [4.69, 9.17) is 5.26 Å². The number of benzene rings is 1. The normalized spacial score (nSPS) is 19.2. The molecular formula is C14H17N3. The number of aryl methyl sites for hydroxylation is 2. The molecule has 0 bridgehead atoms. The van der Waals surface area contributed by atoms with Crippen LogP contribution >= 0.6 is 0 Å². The summed E-state index contributed by atoms with van der Waals surface area (Å²) in [6.07, 6.45) is 2.11. The fraction of sp³-hybridized carbons (Fsp3) is 0.357. The van der Waals surface area contributed by atoms with E-state index in [0.29, 0.717) is 5.70 Å². The van der Waals surface area contributed by atoms with Crippen molar-refractivity contribution >= 4 is 5.69 Å². The lowest BCUT2D eigenvalue weighted by Crippen LogP contribution is -2.34. The molecule has 0 saturated heterocycles. The molecule has 1 aromatic rings. The Labute approximate surface area is 103 Å². The van der Waals surface area contributed by atoms with Crippen LogP contribution in [0.4, 0.5) is 5.69 Å². The first-order chi connectivity index (χ1) is 8.04. The minimum Gasteiger partial charge on any atom is -0.344 e. The summed E-state index contributed by atoms with van der Waals surface area (Å²) in [4.78, 5) is 4.13. The highest BCUT2D eigenvalue weighted by Gasteiger charge is 2.27. The van der Waals surface area contributed by atoms with Gasteiger partial charge in [-0.3, -0.25) is 0 Å². The van der Waals surface area contributed by atoms with Gasteiger partial charge in [0, 0.05) is 18.9 Å². The highest BCUT2D eigenvalue weighted by molar-refractivity contribution is 5.59. The van der Waals surface area contributed by atoms with E-state index < -0.39 is 0 Å². The molecule has 1 atom stereocenters. The Hall–Kier alpha value is -1.95. The number of rotatable bonds is 1. The van der Waals surface area contributed by atoms with Crippen molar-refractivity contribution in [1.82, 2.24) is 4.90 Å². The van der Waals surface area contributed by atoms with Crippen LogP contribution < -0.4 is 4.90 Å². The van der Waals surface area contributed by atoms with Crippen molar-refractivity contribution in [3.8, 4) is 6.07 Å². The summed E-state index contributed by atoms with van der Waals surface area (Å²) >= 11 is 0. The Balaban J connectivity index is 2.42. The molecule has 17 heavy (non-hydrogen) atoms. The van der Waals surface area contributed by atoms with Gasteiger partial charge in [-0.2, -0.15) is 5.26 Å². The third-order valence-corrected chi connectivity index (χ3v) is 3.35. The van der Waals surface area contributed by atoms with Crippen molar-refractivity contribution in [3.05, 3.63) is 41.2 Å². The van der Waals surface area contributed by atoms with E-state index in [0.717, 1.165) is 0 Å². The van der Waals surface area contributed by atoms with Gasteiger partial charge in [0.15, 0.2) is 0 Å². The Morgan fingerprint density at radius 3 is 2.53 bits per heavy atom. The number of anilines is 1. The highest BCUT2D eigenvalue weighted by atomic mass is 15.4. The molecule has 1 heterocycles. The van der Waals surface area contributed by atoms with Crippen molar-refractivity contribution in [2.45, 2.75) is 26.9 Å². The van der Waals surface area contributed by atoms with Crippen LogP contribution in [0.15, 0.2) is 30.1 Å². The van der Waals surface area contributed by atoms with Gasteiger partial charge in [-0.05, 0) is 32.4 Å². The van der Waals surface area contributed by atoms with E-state index in [-0.39, 0.29) is 6.17 Å². The summed E-state index contributed by atoms with van der Waals surface area (Å²) in [5, 5.41) is 9.05. The lowest BCUT2D eigenvalue weighted by molar-refractivity contribution is 0.367. The number of nitrogens with zero attached hydrogens (tertiary/aromatic N) is 3. The van der Waals surface area contributed by atoms with Gasteiger partial charge in [0.1, 0.15) is 17.9 Å². The maximum atomic E-state index is 9.05. The van der Waals surface area contributed by atoms with E-state index in [2.05, 4.69) is 49.9 Å². The maximum absolute atomic E-state index is 9.05. The molecule has 88 valence electrons. The van der Waals surface area contributed by atoms with Gasteiger partial charge in [0.25, 0.3) is 0 Å².